The number of hydrogen-bond acceptors (Lipinski definition) is 2. The van der Waals surface area contributed by atoms with Crippen molar-refractivity contribution >= 4 is 0 Å². The van der Waals surface area contributed by atoms with Crippen molar-refractivity contribution in [3.8, 4) is 0 Å². The molecule has 2 unspecified atom stereocenters. The van der Waals surface area contributed by atoms with Gasteiger partial charge in [-0.05, 0) is 12.3 Å². The maximum Gasteiger partial charge on any atom is 0.160 e. The van der Waals surface area contributed by atoms with Gasteiger partial charge in [-0.3, -0.25) is 0 Å². The van der Waals surface area contributed by atoms with Crippen LogP contribution in [0.2, 0.25) is 0 Å². The van der Waals surface area contributed by atoms with Crippen LogP contribution in [-0.4, -0.2) is 19.5 Å². The Morgan fingerprint density at radius 3 is 2.25 bits per heavy atom. The predicted octanol–water partition coefficient (Wildman–Crippen LogP) is 2.43. The summed E-state index contributed by atoms with van der Waals surface area (Å²) in [6.45, 7) is 6.63. The average Bonchev–Trinajstić information content (AvgIpc) is 2.41. The van der Waals surface area contributed by atoms with Crippen molar-refractivity contribution in [2.24, 2.45) is 11.8 Å². The van der Waals surface area contributed by atoms with Crippen molar-refractivity contribution in [3.05, 3.63) is 0 Å². The first-order chi connectivity index (χ1) is 5.74. The molecular formula is C10H20O2. The first-order valence-electron chi connectivity index (χ1n) is 4.92. The van der Waals surface area contributed by atoms with Crippen molar-refractivity contribution in [3.63, 3.8) is 0 Å². The fraction of sp³-hybridized carbons (Fsp3) is 1.00. The molecule has 0 amide bonds. The van der Waals surface area contributed by atoms with Gasteiger partial charge in [0, 0.05) is 13.0 Å². The van der Waals surface area contributed by atoms with E-state index in [0.717, 1.165) is 6.42 Å². The van der Waals surface area contributed by atoms with Gasteiger partial charge in [-0.1, -0.05) is 27.2 Å². The molecule has 0 N–H and O–H groups in total. The van der Waals surface area contributed by atoms with Crippen LogP contribution >= 0.6 is 0 Å². The minimum absolute atomic E-state index is 0.0277. The summed E-state index contributed by atoms with van der Waals surface area (Å²) in [6.07, 6.45) is 2.73. The molecule has 0 aromatic rings. The first-order valence-corrected chi connectivity index (χ1v) is 4.92. The van der Waals surface area contributed by atoms with Crippen molar-refractivity contribution in [1.82, 2.24) is 0 Å². The highest BCUT2D eigenvalue weighted by molar-refractivity contribution is 4.82. The van der Waals surface area contributed by atoms with Gasteiger partial charge in [0.05, 0.1) is 6.10 Å². The molecular weight excluding hydrogens is 152 g/mol. The van der Waals surface area contributed by atoms with E-state index in [2.05, 4.69) is 20.8 Å². The normalized spacial score (nSPS) is 42.0. The van der Waals surface area contributed by atoms with E-state index < -0.39 is 0 Å². The third-order valence-electron chi connectivity index (χ3n) is 3.00. The van der Waals surface area contributed by atoms with Crippen LogP contribution < -0.4 is 0 Å². The lowest BCUT2D eigenvalue weighted by atomic mass is 9.88. The maximum atomic E-state index is 5.75. The lowest BCUT2D eigenvalue weighted by Gasteiger charge is -2.16. The van der Waals surface area contributed by atoms with Gasteiger partial charge in [0.1, 0.15) is 0 Å². The van der Waals surface area contributed by atoms with Crippen LogP contribution in [-0.2, 0) is 9.47 Å². The number of hydrogen-bond donors (Lipinski definition) is 0. The highest BCUT2D eigenvalue weighted by Crippen LogP contribution is 2.36. The topological polar surface area (TPSA) is 18.5 Å². The Bertz CT molecular complexity index is 134. The Balaban J connectivity index is 2.58. The summed E-state index contributed by atoms with van der Waals surface area (Å²) >= 11 is 0. The van der Waals surface area contributed by atoms with E-state index in [1.807, 2.05) is 0 Å². The summed E-state index contributed by atoms with van der Waals surface area (Å²) in [5, 5.41) is 0. The van der Waals surface area contributed by atoms with E-state index in [-0.39, 0.29) is 6.29 Å². The highest BCUT2D eigenvalue weighted by Gasteiger charge is 2.39. The second kappa shape index (κ2) is 4.24. The molecule has 12 heavy (non-hydrogen) atoms. The van der Waals surface area contributed by atoms with Crippen molar-refractivity contribution < 1.29 is 9.47 Å². The van der Waals surface area contributed by atoms with Gasteiger partial charge in [0.2, 0.25) is 0 Å². The minimum atomic E-state index is 0.0277. The fourth-order valence-corrected chi connectivity index (χ4v) is 2.24. The largest absolute Gasteiger partial charge is 0.356 e. The third kappa shape index (κ3) is 1.64. The van der Waals surface area contributed by atoms with Crippen molar-refractivity contribution in [1.29, 1.82) is 0 Å². The Hall–Kier alpha value is -0.0800. The maximum absolute atomic E-state index is 5.75. The van der Waals surface area contributed by atoms with E-state index in [9.17, 15) is 0 Å². The number of rotatable bonds is 3. The summed E-state index contributed by atoms with van der Waals surface area (Å²) < 4.78 is 11.0. The van der Waals surface area contributed by atoms with E-state index in [1.54, 1.807) is 7.11 Å². The standard InChI is InChI=1S/C10H20O2/c1-5-8-7(3)10(11-4)12-9(8)6-2/h7-10H,5-6H2,1-4H3/t7?,8?,9-,10-/m1/s1. The first kappa shape index (κ1) is 10.0. The Morgan fingerprint density at radius 2 is 1.92 bits per heavy atom. The van der Waals surface area contributed by atoms with Gasteiger partial charge in [-0.2, -0.15) is 0 Å². The summed E-state index contributed by atoms with van der Waals surface area (Å²) in [5.74, 6) is 1.23. The van der Waals surface area contributed by atoms with Crippen LogP contribution in [0.25, 0.3) is 0 Å². The number of ether oxygens (including phenoxy) is 2. The van der Waals surface area contributed by atoms with Gasteiger partial charge in [0.25, 0.3) is 0 Å². The molecule has 0 radical (unpaired) electrons. The SMILES string of the molecule is CCC1C(C)[C@H](OC)O[C@@H]1CC. The molecule has 0 aromatic carbocycles. The molecule has 1 fully saturated rings. The smallest absolute Gasteiger partial charge is 0.160 e. The molecule has 1 aliphatic rings. The van der Waals surface area contributed by atoms with Crippen molar-refractivity contribution in [2.75, 3.05) is 7.11 Å². The predicted molar refractivity (Wildman–Crippen MR) is 48.9 cm³/mol. The van der Waals surface area contributed by atoms with E-state index in [1.165, 1.54) is 6.42 Å². The summed E-state index contributed by atoms with van der Waals surface area (Å²) in [6, 6.07) is 0. The zero-order valence-electron chi connectivity index (χ0n) is 8.54. The Morgan fingerprint density at radius 1 is 1.25 bits per heavy atom. The van der Waals surface area contributed by atoms with E-state index in [0.29, 0.717) is 17.9 Å². The molecule has 0 saturated carbocycles. The molecule has 2 nitrogen and oxygen atoms in total. The zero-order valence-corrected chi connectivity index (χ0v) is 8.54. The molecule has 0 bridgehead atoms. The van der Waals surface area contributed by atoms with E-state index >= 15 is 0 Å². The van der Waals surface area contributed by atoms with Crippen LogP contribution in [0.4, 0.5) is 0 Å². The molecule has 2 heteroatoms. The molecule has 1 saturated heterocycles. The van der Waals surface area contributed by atoms with Crippen LogP contribution in [0.1, 0.15) is 33.6 Å². The van der Waals surface area contributed by atoms with E-state index in [4.69, 9.17) is 9.47 Å². The fourth-order valence-electron chi connectivity index (χ4n) is 2.24. The molecule has 1 aliphatic heterocycles. The zero-order chi connectivity index (χ0) is 9.14. The molecule has 0 spiro atoms. The second-order valence-corrected chi connectivity index (χ2v) is 3.62. The summed E-state index contributed by atoms with van der Waals surface area (Å²) in [7, 11) is 1.73. The Kier molecular flexibility index (Phi) is 3.53. The van der Waals surface area contributed by atoms with Gasteiger partial charge < -0.3 is 9.47 Å². The lowest BCUT2D eigenvalue weighted by Crippen LogP contribution is -2.19. The monoisotopic (exact) mass is 172 g/mol. The summed E-state index contributed by atoms with van der Waals surface area (Å²) in [4.78, 5) is 0. The summed E-state index contributed by atoms with van der Waals surface area (Å²) in [5.41, 5.74) is 0. The Labute approximate surface area is 75.2 Å². The second-order valence-electron chi connectivity index (χ2n) is 3.62. The average molecular weight is 172 g/mol. The number of methoxy groups -OCH3 is 1. The third-order valence-corrected chi connectivity index (χ3v) is 3.00. The van der Waals surface area contributed by atoms with Crippen LogP contribution in [0, 0.1) is 11.8 Å². The molecule has 1 rings (SSSR count). The lowest BCUT2D eigenvalue weighted by molar-refractivity contribution is -0.129. The van der Waals surface area contributed by atoms with Gasteiger partial charge in [-0.15, -0.1) is 0 Å². The minimum Gasteiger partial charge on any atom is -0.356 e. The van der Waals surface area contributed by atoms with Gasteiger partial charge in [-0.25, -0.2) is 0 Å². The molecule has 0 aromatic heterocycles. The van der Waals surface area contributed by atoms with Crippen LogP contribution in [0.3, 0.4) is 0 Å². The van der Waals surface area contributed by atoms with Crippen LogP contribution in [0.15, 0.2) is 0 Å². The molecule has 0 aliphatic carbocycles. The quantitative estimate of drug-likeness (QED) is 0.651. The van der Waals surface area contributed by atoms with Gasteiger partial charge >= 0.3 is 0 Å². The highest BCUT2D eigenvalue weighted by atomic mass is 16.7. The molecule has 1 heterocycles. The van der Waals surface area contributed by atoms with Gasteiger partial charge in [0.15, 0.2) is 6.29 Å². The molecule has 4 atom stereocenters. The van der Waals surface area contributed by atoms with Crippen LogP contribution in [0.5, 0.6) is 0 Å². The van der Waals surface area contributed by atoms with Crippen molar-refractivity contribution in [2.45, 2.75) is 46.0 Å². The molecule has 72 valence electrons.